The van der Waals surface area contributed by atoms with Gasteiger partial charge in [-0.3, -0.25) is 4.79 Å². The van der Waals surface area contributed by atoms with Gasteiger partial charge in [-0.15, -0.1) is 0 Å². The van der Waals surface area contributed by atoms with Gasteiger partial charge >= 0.3 is 6.03 Å². The number of amides is 3. The quantitative estimate of drug-likeness (QED) is 0.891. The van der Waals surface area contributed by atoms with Crippen LogP contribution in [0.2, 0.25) is 0 Å². The second-order valence-corrected chi connectivity index (χ2v) is 7.22. The predicted octanol–water partition coefficient (Wildman–Crippen LogP) is 3.31. The number of nitrogens with zero attached hydrogens (tertiary/aromatic N) is 1. The average molecular weight is 333 g/mol. The fourth-order valence-electron chi connectivity index (χ4n) is 2.73. The maximum Gasteiger partial charge on any atom is 0.322 e. The van der Waals surface area contributed by atoms with E-state index < -0.39 is 0 Å². The SMILES string of the molecule is CC1CN(C(=O)Nc2ccc(NC(=O)C(C)C)cc2)CC(C)(C)O1. The molecule has 1 fully saturated rings. The van der Waals surface area contributed by atoms with Gasteiger partial charge in [-0.25, -0.2) is 4.79 Å². The van der Waals surface area contributed by atoms with E-state index in [1.54, 1.807) is 29.2 Å². The molecule has 1 atom stereocenters. The van der Waals surface area contributed by atoms with Crippen LogP contribution < -0.4 is 10.6 Å². The van der Waals surface area contributed by atoms with E-state index in [1.165, 1.54) is 0 Å². The molecule has 1 unspecified atom stereocenters. The largest absolute Gasteiger partial charge is 0.369 e. The Bertz CT molecular complexity index is 596. The van der Waals surface area contributed by atoms with Crippen LogP contribution >= 0.6 is 0 Å². The number of carbonyl (C=O) groups excluding carboxylic acids is 2. The van der Waals surface area contributed by atoms with Crippen LogP contribution in [0.5, 0.6) is 0 Å². The van der Waals surface area contributed by atoms with Gasteiger partial charge < -0.3 is 20.3 Å². The Labute approximate surface area is 143 Å². The Hall–Kier alpha value is -2.08. The summed E-state index contributed by atoms with van der Waals surface area (Å²) in [6.07, 6.45) is 0.00752. The third-order valence-electron chi connectivity index (χ3n) is 3.78. The fraction of sp³-hybridized carbons (Fsp3) is 0.556. The van der Waals surface area contributed by atoms with Crippen molar-refractivity contribution in [3.05, 3.63) is 24.3 Å². The normalized spacial score (nSPS) is 19.9. The fourth-order valence-corrected chi connectivity index (χ4v) is 2.73. The van der Waals surface area contributed by atoms with Crippen LogP contribution in [0.1, 0.15) is 34.6 Å². The molecule has 6 heteroatoms. The van der Waals surface area contributed by atoms with E-state index in [-0.39, 0.29) is 29.6 Å². The van der Waals surface area contributed by atoms with Crippen LogP contribution in [0, 0.1) is 5.92 Å². The molecule has 1 aliphatic rings. The lowest BCUT2D eigenvalue weighted by molar-refractivity contribution is -0.118. The van der Waals surface area contributed by atoms with Crippen molar-refractivity contribution in [1.29, 1.82) is 0 Å². The van der Waals surface area contributed by atoms with Crippen LogP contribution in [0.4, 0.5) is 16.2 Å². The number of morpholine rings is 1. The number of anilines is 2. The third kappa shape index (κ3) is 4.96. The Balaban J connectivity index is 1.95. The molecule has 3 amide bonds. The lowest BCUT2D eigenvalue weighted by atomic mass is 10.1. The molecule has 1 aromatic carbocycles. The molecule has 1 aromatic rings. The minimum absolute atomic E-state index is 0.00752. The van der Waals surface area contributed by atoms with Crippen molar-refractivity contribution in [2.75, 3.05) is 23.7 Å². The molecule has 0 saturated carbocycles. The molecule has 1 saturated heterocycles. The summed E-state index contributed by atoms with van der Waals surface area (Å²) in [4.78, 5) is 25.9. The number of hydrogen-bond acceptors (Lipinski definition) is 3. The van der Waals surface area contributed by atoms with E-state index in [0.717, 1.165) is 0 Å². The number of benzene rings is 1. The average Bonchev–Trinajstić information content (AvgIpc) is 2.47. The first-order valence-corrected chi connectivity index (χ1v) is 8.31. The summed E-state index contributed by atoms with van der Waals surface area (Å²) in [6.45, 7) is 10.7. The van der Waals surface area contributed by atoms with Gasteiger partial charge in [-0.1, -0.05) is 13.8 Å². The van der Waals surface area contributed by atoms with Gasteiger partial charge in [0.05, 0.1) is 18.2 Å². The zero-order valence-electron chi connectivity index (χ0n) is 15.1. The molecule has 1 heterocycles. The first kappa shape index (κ1) is 18.3. The van der Waals surface area contributed by atoms with Crippen molar-refractivity contribution in [3.63, 3.8) is 0 Å². The maximum absolute atomic E-state index is 12.4. The second-order valence-electron chi connectivity index (χ2n) is 7.22. The number of carbonyl (C=O) groups is 2. The van der Waals surface area contributed by atoms with E-state index in [1.807, 2.05) is 34.6 Å². The zero-order chi connectivity index (χ0) is 17.9. The molecule has 0 aliphatic carbocycles. The minimum Gasteiger partial charge on any atom is -0.369 e. The van der Waals surface area contributed by atoms with Crippen molar-refractivity contribution >= 4 is 23.3 Å². The molecule has 0 aromatic heterocycles. The second kappa shape index (κ2) is 7.21. The van der Waals surface area contributed by atoms with Crippen molar-refractivity contribution in [3.8, 4) is 0 Å². The molecule has 0 spiro atoms. The molecule has 6 nitrogen and oxygen atoms in total. The Kier molecular flexibility index (Phi) is 5.49. The van der Waals surface area contributed by atoms with Crippen LogP contribution in [0.15, 0.2) is 24.3 Å². The molecule has 1 aliphatic heterocycles. The highest BCUT2D eigenvalue weighted by Gasteiger charge is 2.33. The van der Waals surface area contributed by atoms with Gasteiger partial charge in [0, 0.05) is 23.8 Å². The summed E-state index contributed by atoms with van der Waals surface area (Å²) in [5.41, 5.74) is 1.06. The topological polar surface area (TPSA) is 70.7 Å². The van der Waals surface area contributed by atoms with Crippen LogP contribution in [0.3, 0.4) is 0 Å². The summed E-state index contributed by atoms with van der Waals surface area (Å²) in [5, 5.41) is 5.72. The zero-order valence-corrected chi connectivity index (χ0v) is 15.1. The van der Waals surface area contributed by atoms with Gasteiger partial charge in [0.25, 0.3) is 0 Å². The standard InChI is InChI=1S/C18H27N3O3/c1-12(2)16(22)19-14-6-8-15(9-7-14)20-17(23)21-10-13(3)24-18(4,5)11-21/h6-9,12-13H,10-11H2,1-5H3,(H,19,22)(H,20,23). The maximum atomic E-state index is 12.4. The molecule has 132 valence electrons. The number of urea groups is 1. The summed E-state index contributed by atoms with van der Waals surface area (Å²) in [6, 6.07) is 6.98. The number of ether oxygens (including phenoxy) is 1. The molecule has 0 bridgehead atoms. The number of nitrogens with one attached hydrogen (secondary N) is 2. The highest BCUT2D eigenvalue weighted by atomic mass is 16.5. The van der Waals surface area contributed by atoms with Gasteiger partial charge in [0.15, 0.2) is 0 Å². The first-order valence-electron chi connectivity index (χ1n) is 8.31. The minimum atomic E-state index is -0.347. The lowest BCUT2D eigenvalue weighted by Gasteiger charge is -2.41. The summed E-state index contributed by atoms with van der Waals surface area (Å²) >= 11 is 0. The predicted molar refractivity (Wildman–Crippen MR) is 95.1 cm³/mol. The van der Waals surface area contributed by atoms with E-state index in [4.69, 9.17) is 4.74 Å². The van der Waals surface area contributed by atoms with E-state index in [0.29, 0.717) is 24.5 Å². The molecular weight excluding hydrogens is 306 g/mol. The van der Waals surface area contributed by atoms with Crippen molar-refractivity contribution in [1.82, 2.24) is 4.90 Å². The molecule has 2 N–H and O–H groups in total. The molecule has 24 heavy (non-hydrogen) atoms. The van der Waals surface area contributed by atoms with E-state index >= 15 is 0 Å². The van der Waals surface area contributed by atoms with Crippen molar-refractivity contribution < 1.29 is 14.3 Å². The smallest absolute Gasteiger partial charge is 0.322 e. The highest BCUT2D eigenvalue weighted by Crippen LogP contribution is 2.22. The van der Waals surface area contributed by atoms with Crippen LogP contribution in [-0.4, -0.2) is 41.6 Å². The van der Waals surface area contributed by atoms with Crippen LogP contribution in [-0.2, 0) is 9.53 Å². The summed E-state index contributed by atoms with van der Waals surface area (Å²) in [5.74, 6) is -0.104. The van der Waals surface area contributed by atoms with Crippen molar-refractivity contribution in [2.24, 2.45) is 5.92 Å². The van der Waals surface area contributed by atoms with Gasteiger partial charge in [-0.2, -0.15) is 0 Å². The lowest BCUT2D eigenvalue weighted by Crippen LogP contribution is -2.54. The molecule has 0 radical (unpaired) electrons. The summed E-state index contributed by atoms with van der Waals surface area (Å²) in [7, 11) is 0. The Morgan fingerprint density at radius 2 is 1.71 bits per heavy atom. The Morgan fingerprint density at radius 1 is 1.17 bits per heavy atom. The highest BCUT2D eigenvalue weighted by molar-refractivity contribution is 5.93. The number of hydrogen-bond donors (Lipinski definition) is 2. The van der Waals surface area contributed by atoms with Gasteiger partial charge in [0.1, 0.15) is 0 Å². The molecule has 2 rings (SSSR count). The van der Waals surface area contributed by atoms with Gasteiger partial charge in [-0.05, 0) is 45.0 Å². The summed E-state index contributed by atoms with van der Waals surface area (Å²) < 4.78 is 5.81. The number of rotatable bonds is 3. The van der Waals surface area contributed by atoms with Gasteiger partial charge in [0.2, 0.25) is 5.91 Å². The third-order valence-corrected chi connectivity index (χ3v) is 3.78. The Morgan fingerprint density at radius 3 is 2.21 bits per heavy atom. The van der Waals surface area contributed by atoms with Crippen LogP contribution in [0.25, 0.3) is 0 Å². The molecular formula is C18H27N3O3. The van der Waals surface area contributed by atoms with E-state index in [2.05, 4.69) is 10.6 Å². The van der Waals surface area contributed by atoms with E-state index in [9.17, 15) is 9.59 Å². The van der Waals surface area contributed by atoms with Crippen molar-refractivity contribution in [2.45, 2.75) is 46.3 Å². The first-order chi connectivity index (χ1) is 11.2. The monoisotopic (exact) mass is 333 g/mol.